The van der Waals surface area contributed by atoms with Crippen LogP contribution in [0.5, 0.6) is 11.5 Å². The van der Waals surface area contributed by atoms with Crippen molar-refractivity contribution in [3.63, 3.8) is 0 Å². The van der Waals surface area contributed by atoms with E-state index in [2.05, 4.69) is 6.92 Å². The maximum absolute atomic E-state index is 5.89. The Balaban J connectivity index is 2.56. The van der Waals surface area contributed by atoms with Crippen LogP contribution in [0, 0.1) is 6.92 Å². The SMILES string of the molecule is COc1ccc(OC)c(C2(CN)CC2)c1C. The average Bonchev–Trinajstić information content (AvgIpc) is 3.09. The van der Waals surface area contributed by atoms with E-state index in [0.717, 1.165) is 29.9 Å². The van der Waals surface area contributed by atoms with E-state index in [9.17, 15) is 0 Å². The molecule has 0 aliphatic heterocycles. The lowest BCUT2D eigenvalue weighted by atomic mass is 9.90. The van der Waals surface area contributed by atoms with Gasteiger partial charge in [-0.3, -0.25) is 0 Å². The molecular formula is C13H19NO2. The summed E-state index contributed by atoms with van der Waals surface area (Å²) in [6.45, 7) is 2.75. The van der Waals surface area contributed by atoms with E-state index in [1.165, 1.54) is 5.56 Å². The molecule has 1 fully saturated rings. The molecule has 0 radical (unpaired) electrons. The van der Waals surface area contributed by atoms with Gasteiger partial charge < -0.3 is 15.2 Å². The van der Waals surface area contributed by atoms with Gasteiger partial charge in [0.1, 0.15) is 11.5 Å². The Bertz CT molecular complexity index is 397. The van der Waals surface area contributed by atoms with Crippen LogP contribution in [0.3, 0.4) is 0 Å². The van der Waals surface area contributed by atoms with Crippen LogP contribution in [0.4, 0.5) is 0 Å². The summed E-state index contributed by atoms with van der Waals surface area (Å²) in [5.41, 5.74) is 8.41. The summed E-state index contributed by atoms with van der Waals surface area (Å²) in [5, 5.41) is 0. The third-order valence-corrected chi connectivity index (χ3v) is 3.59. The maximum Gasteiger partial charge on any atom is 0.123 e. The fourth-order valence-corrected chi connectivity index (χ4v) is 2.43. The number of ether oxygens (including phenoxy) is 2. The lowest BCUT2D eigenvalue weighted by Crippen LogP contribution is -2.21. The zero-order chi connectivity index (χ0) is 11.8. The third kappa shape index (κ3) is 1.55. The molecule has 0 bridgehead atoms. The van der Waals surface area contributed by atoms with Gasteiger partial charge in [0.25, 0.3) is 0 Å². The van der Waals surface area contributed by atoms with Crippen molar-refractivity contribution in [2.75, 3.05) is 20.8 Å². The molecule has 0 spiro atoms. The summed E-state index contributed by atoms with van der Waals surface area (Å²) < 4.78 is 10.8. The van der Waals surface area contributed by atoms with E-state index in [0.29, 0.717) is 6.54 Å². The van der Waals surface area contributed by atoms with Crippen molar-refractivity contribution >= 4 is 0 Å². The number of nitrogens with two attached hydrogens (primary N) is 1. The molecular weight excluding hydrogens is 202 g/mol. The van der Waals surface area contributed by atoms with Gasteiger partial charge in [-0.25, -0.2) is 0 Å². The number of rotatable bonds is 4. The molecule has 88 valence electrons. The first-order chi connectivity index (χ1) is 7.68. The molecule has 1 aromatic carbocycles. The van der Waals surface area contributed by atoms with E-state index in [4.69, 9.17) is 15.2 Å². The van der Waals surface area contributed by atoms with Crippen molar-refractivity contribution in [2.45, 2.75) is 25.2 Å². The Morgan fingerprint density at radius 1 is 1.19 bits per heavy atom. The lowest BCUT2D eigenvalue weighted by Gasteiger charge is -2.21. The highest BCUT2D eigenvalue weighted by Gasteiger charge is 2.46. The molecule has 0 saturated heterocycles. The minimum Gasteiger partial charge on any atom is -0.496 e. The number of hydrogen-bond acceptors (Lipinski definition) is 3. The summed E-state index contributed by atoms with van der Waals surface area (Å²) in [6, 6.07) is 3.92. The maximum atomic E-state index is 5.89. The Morgan fingerprint density at radius 2 is 1.75 bits per heavy atom. The highest BCUT2D eigenvalue weighted by atomic mass is 16.5. The van der Waals surface area contributed by atoms with E-state index < -0.39 is 0 Å². The second kappa shape index (κ2) is 3.98. The van der Waals surface area contributed by atoms with Gasteiger partial charge in [-0.15, -0.1) is 0 Å². The van der Waals surface area contributed by atoms with Crippen molar-refractivity contribution in [2.24, 2.45) is 5.73 Å². The fraction of sp³-hybridized carbons (Fsp3) is 0.538. The predicted octanol–water partition coefficient (Wildman–Crippen LogP) is 2.00. The first kappa shape index (κ1) is 11.3. The zero-order valence-corrected chi connectivity index (χ0v) is 10.2. The van der Waals surface area contributed by atoms with Crippen molar-refractivity contribution in [3.05, 3.63) is 23.3 Å². The summed E-state index contributed by atoms with van der Waals surface area (Å²) in [5.74, 6) is 1.84. The van der Waals surface area contributed by atoms with Crippen LogP contribution < -0.4 is 15.2 Å². The fourth-order valence-electron chi connectivity index (χ4n) is 2.43. The van der Waals surface area contributed by atoms with Gasteiger partial charge in [0.05, 0.1) is 14.2 Å². The molecule has 0 unspecified atom stereocenters. The summed E-state index contributed by atoms with van der Waals surface area (Å²) in [7, 11) is 3.40. The smallest absolute Gasteiger partial charge is 0.123 e. The monoisotopic (exact) mass is 221 g/mol. The minimum atomic E-state index is 0.129. The second-order valence-corrected chi connectivity index (χ2v) is 4.45. The molecule has 0 heterocycles. The highest BCUT2D eigenvalue weighted by molar-refractivity contribution is 5.54. The van der Waals surface area contributed by atoms with Crippen molar-refractivity contribution in [3.8, 4) is 11.5 Å². The number of benzene rings is 1. The van der Waals surface area contributed by atoms with E-state index in [1.54, 1.807) is 14.2 Å². The lowest BCUT2D eigenvalue weighted by molar-refractivity contribution is 0.391. The van der Waals surface area contributed by atoms with Crippen LogP contribution in [0.2, 0.25) is 0 Å². The predicted molar refractivity (Wildman–Crippen MR) is 64.2 cm³/mol. The van der Waals surface area contributed by atoms with Crippen molar-refractivity contribution in [1.29, 1.82) is 0 Å². The van der Waals surface area contributed by atoms with Gasteiger partial charge in [0.15, 0.2) is 0 Å². The van der Waals surface area contributed by atoms with Gasteiger partial charge in [0, 0.05) is 17.5 Å². The van der Waals surface area contributed by atoms with Crippen LogP contribution in [-0.4, -0.2) is 20.8 Å². The standard InChI is InChI=1S/C13H19NO2/c1-9-10(15-2)4-5-11(16-3)12(9)13(8-14)6-7-13/h4-5H,6-8,14H2,1-3H3. The molecule has 1 aliphatic carbocycles. The summed E-state index contributed by atoms with van der Waals surface area (Å²) in [4.78, 5) is 0. The largest absolute Gasteiger partial charge is 0.496 e. The Labute approximate surface area is 96.5 Å². The molecule has 1 saturated carbocycles. The number of hydrogen-bond donors (Lipinski definition) is 1. The molecule has 3 heteroatoms. The van der Waals surface area contributed by atoms with Crippen LogP contribution in [0.25, 0.3) is 0 Å². The molecule has 0 aromatic heterocycles. The molecule has 1 aromatic rings. The van der Waals surface area contributed by atoms with Crippen LogP contribution in [-0.2, 0) is 5.41 Å². The average molecular weight is 221 g/mol. The summed E-state index contributed by atoms with van der Waals surface area (Å²) in [6.07, 6.45) is 2.29. The van der Waals surface area contributed by atoms with Crippen LogP contribution in [0.1, 0.15) is 24.0 Å². The molecule has 16 heavy (non-hydrogen) atoms. The van der Waals surface area contributed by atoms with Gasteiger partial charge in [-0.1, -0.05) is 0 Å². The number of methoxy groups -OCH3 is 2. The quantitative estimate of drug-likeness (QED) is 0.845. The molecule has 3 nitrogen and oxygen atoms in total. The van der Waals surface area contributed by atoms with E-state index in [1.807, 2.05) is 12.1 Å². The van der Waals surface area contributed by atoms with Crippen molar-refractivity contribution < 1.29 is 9.47 Å². The highest BCUT2D eigenvalue weighted by Crippen LogP contribution is 2.53. The Kier molecular flexibility index (Phi) is 2.80. The van der Waals surface area contributed by atoms with Crippen molar-refractivity contribution in [1.82, 2.24) is 0 Å². The normalized spacial score (nSPS) is 17.0. The van der Waals surface area contributed by atoms with E-state index >= 15 is 0 Å². The van der Waals surface area contributed by atoms with Gasteiger partial charge in [0.2, 0.25) is 0 Å². The topological polar surface area (TPSA) is 44.5 Å². The van der Waals surface area contributed by atoms with Gasteiger partial charge in [-0.05, 0) is 37.5 Å². The minimum absolute atomic E-state index is 0.129. The molecule has 2 N–H and O–H groups in total. The van der Waals surface area contributed by atoms with Crippen LogP contribution >= 0.6 is 0 Å². The molecule has 1 aliphatic rings. The van der Waals surface area contributed by atoms with E-state index in [-0.39, 0.29) is 5.41 Å². The van der Waals surface area contributed by atoms with Gasteiger partial charge in [-0.2, -0.15) is 0 Å². The second-order valence-electron chi connectivity index (χ2n) is 4.45. The Morgan fingerprint density at radius 3 is 2.19 bits per heavy atom. The molecule has 2 rings (SSSR count). The van der Waals surface area contributed by atoms with Crippen LogP contribution in [0.15, 0.2) is 12.1 Å². The molecule has 0 atom stereocenters. The molecule has 0 amide bonds. The third-order valence-electron chi connectivity index (χ3n) is 3.59. The first-order valence-corrected chi connectivity index (χ1v) is 5.60. The van der Waals surface area contributed by atoms with Gasteiger partial charge >= 0.3 is 0 Å². The summed E-state index contributed by atoms with van der Waals surface area (Å²) >= 11 is 0. The zero-order valence-electron chi connectivity index (χ0n) is 10.2. The first-order valence-electron chi connectivity index (χ1n) is 5.60. The Hall–Kier alpha value is -1.22.